The Kier molecular flexibility index (Phi) is 5.04. The lowest BCUT2D eigenvalue weighted by molar-refractivity contribution is -0.141. The fraction of sp³-hybridized carbons (Fsp3) is 0.769. The number of aromatic nitrogens is 1. The van der Waals surface area contributed by atoms with Gasteiger partial charge in [-0.15, -0.1) is 11.3 Å². The molecule has 1 heterocycles. The summed E-state index contributed by atoms with van der Waals surface area (Å²) >= 11 is 1.12. The van der Waals surface area contributed by atoms with Gasteiger partial charge in [-0.25, -0.2) is 4.98 Å². The molecule has 3 nitrogen and oxygen atoms in total. The maximum atomic E-state index is 13.0. The van der Waals surface area contributed by atoms with E-state index in [0.717, 1.165) is 24.2 Å². The number of nitrogens with zero attached hydrogens (tertiary/aromatic N) is 1. The van der Waals surface area contributed by atoms with Crippen molar-refractivity contribution in [1.82, 2.24) is 10.3 Å². The number of alkyl halides is 3. The largest absolute Gasteiger partial charge is 0.434 e. The zero-order valence-corrected chi connectivity index (χ0v) is 12.4. The molecule has 0 saturated heterocycles. The molecule has 1 N–H and O–H groups in total. The summed E-state index contributed by atoms with van der Waals surface area (Å²) in [5.41, 5.74) is -0.760. The fourth-order valence-electron chi connectivity index (χ4n) is 2.06. The fourth-order valence-corrected chi connectivity index (χ4v) is 3.26. The SMILES string of the molecule is CCNCc1sc(C(OCC)C2CC2)nc1C(F)(F)F. The van der Waals surface area contributed by atoms with Gasteiger partial charge in [0.05, 0.1) is 4.88 Å². The summed E-state index contributed by atoms with van der Waals surface area (Å²) in [6.07, 6.45) is -2.66. The van der Waals surface area contributed by atoms with Gasteiger partial charge < -0.3 is 10.1 Å². The van der Waals surface area contributed by atoms with Gasteiger partial charge in [0.25, 0.3) is 0 Å². The summed E-state index contributed by atoms with van der Waals surface area (Å²) in [4.78, 5) is 4.09. The number of hydrogen-bond acceptors (Lipinski definition) is 4. The first kappa shape index (κ1) is 15.7. The molecule has 0 bridgehead atoms. The summed E-state index contributed by atoms with van der Waals surface area (Å²) in [6.45, 7) is 5.04. The molecule has 2 rings (SSSR count). The standard InChI is InChI=1S/C13H19F3N2OS/c1-3-17-7-9-11(13(14,15)16)18-12(20-9)10(19-4-2)8-5-6-8/h8,10,17H,3-7H2,1-2H3. The average Bonchev–Trinajstić information content (AvgIpc) is 3.11. The van der Waals surface area contributed by atoms with Crippen LogP contribution in [0.1, 0.15) is 48.4 Å². The van der Waals surface area contributed by atoms with Crippen LogP contribution in [0, 0.1) is 5.92 Å². The average molecular weight is 308 g/mol. The highest BCUT2D eigenvalue weighted by atomic mass is 32.1. The Hall–Kier alpha value is -0.660. The molecule has 1 aromatic rings. The second-order valence-corrected chi connectivity index (χ2v) is 5.93. The third kappa shape index (κ3) is 3.71. The topological polar surface area (TPSA) is 34.1 Å². The van der Waals surface area contributed by atoms with E-state index < -0.39 is 11.9 Å². The van der Waals surface area contributed by atoms with Crippen molar-refractivity contribution in [3.63, 3.8) is 0 Å². The summed E-state index contributed by atoms with van der Waals surface area (Å²) in [6, 6.07) is 0. The molecule has 1 saturated carbocycles. The van der Waals surface area contributed by atoms with Crippen LogP contribution >= 0.6 is 11.3 Å². The summed E-state index contributed by atoms with van der Waals surface area (Å²) in [7, 11) is 0. The van der Waals surface area contributed by atoms with E-state index in [2.05, 4.69) is 10.3 Å². The van der Waals surface area contributed by atoms with Crippen molar-refractivity contribution in [3.8, 4) is 0 Å². The van der Waals surface area contributed by atoms with E-state index in [1.165, 1.54) is 0 Å². The van der Waals surface area contributed by atoms with Gasteiger partial charge in [0.1, 0.15) is 11.1 Å². The summed E-state index contributed by atoms with van der Waals surface area (Å²) in [5, 5.41) is 3.40. The van der Waals surface area contributed by atoms with Crippen LogP contribution in [0.15, 0.2) is 0 Å². The summed E-state index contributed by atoms with van der Waals surface area (Å²) < 4.78 is 44.7. The second kappa shape index (κ2) is 6.41. The Bertz CT molecular complexity index is 443. The van der Waals surface area contributed by atoms with Gasteiger partial charge in [-0.1, -0.05) is 6.92 Å². The lowest BCUT2D eigenvalue weighted by atomic mass is 10.2. The first-order chi connectivity index (χ1) is 9.47. The van der Waals surface area contributed by atoms with E-state index in [4.69, 9.17) is 4.74 Å². The van der Waals surface area contributed by atoms with Crippen LogP contribution in [-0.4, -0.2) is 18.1 Å². The van der Waals surface area contributed by atoms with Crippen LogP contribution in [0.25, 0.3) is 0 Å². The highest BCUT2D eigenvalue weighted by Gasteiger charge is 2.41. The van der Waals surface area contributed by atoms with Crippen molar-refractivity contribution in [2.24, 2.45) is 5.92 Å². The van der Waals surface area contributed by atoms with Crippen molar-refractivity contribution >= 4 is 11.3 Å². The third-order valence-electron chi connectivity index (χ3n) is 3.16. The first-order valence-electron chi connectivity index (χ1n) is 6.86. The van der Waals surface area contributed by atoms with Crippen LogP contribution in [0.2, 0.25) is 0 Å². The quantitative estimate of drug-likeness (QED) is 0.833. The Morgan fingerprint density at radius 2 is 2.10 bits per heavy atom. The minimum atomic E-state index is -4.40. The molecule has 20 heavy (non-hydrogen) atoms. The first-order valence-corrected chi connectivity index (χ1v) is 7.68. The molecule has 0 amide bonds. The molecule has 0 aliphatic heterocycles. The van der Waals surface area contributed by atoms with Gasteiger partial charge in [0.15, 0.2) is 5.69 Å². The lowest BCUT2D eigenvalue weighted by Crippen LogP contribution is -2.16. The molecular formula is C13H19F3N2OS. The molecule has 0 radical (unpaired) electrons. The van der Waals surface area contributed by atoms with Crippen LogP contribution in [0.5, 0.6) is 0 Å². The van der Waals surface area contributed by atoms with Gasteiger partial charge in [-0.2, -0.15) is 13.2 Å². The van der Waals surface area contributed by atoms with Crippen LogP contribution in [0.3, 0.4) is 0 Å². The maximum absolute atomic E-state index is 13.0. The van der Waals surface area contributed by atoms with Gasteiger partial charge in [0, 0.05) is 13.2 Å². The predicted octanol–water partition coefficient (Wildman–Crippen LogP) is 3.76. The Morgan fingerprint density at radius 1 is 1.40 bits per heavy atom. The van der Waals surface area contributed by atoms with Crippen LogP contribution < -0.4 is 5.32 Å². The molecule has 1 aliphatic rings. The molecular weight excluding hydrogens is 289 g/mol. The highest BCUT2D eigenvalue weighted by molar-refractivity contribution is 7.11. The van der Waals surface area contributed by atoms with E-state index in [1.54, 1.807) is 0 Å². The number of thiazole rings is 1. The molecule has 0 aromatic carbocycles. The van der Waals surface area contributed by atoms with Crippen molar-refractivity contribution in [2.75, 3.05) is 13.2 Å². The van der Waals surface area contributed by atoms with Crippen LogP contribution in [0.4, 0.5) is 13.2 Å². The van der Waals surface area contributed by atoms with Crippen LogP contribution in [-0.2, 0) is 17.5 Å². The van der Waals surface area contributed by atoms with E-state index in [0.29, 0.717) is 24.1 Å². The predicted molar refractivity (Wildman–Crippen MR) is 71.6 cm³/mol. The molecule has 114 valence electrons. The van der Waals surface area contributed by atoms with Gasteiger partial charge in [0.2, 0.25) is 0 Å². The van der Waals surface area contributed by atoms with Crippen molar-refractivity contribution in [2.45, 2.75) is 45.5 Å². The molecule has 0 spiro atoms. The zero-order chi connectivity index (χ0) is 14.8. The Labute approximate surface area is 120 Å². The number of halogens is 3. The number of nitrogens with one attached hydrogen (secondary N) is 1. The highest BCUT2D eigenvalue weighted by Crippen LogP contribution is 2.46. The number of rotatable bonds is 7. The molecule has 1 aliphatic carbocycles. The van der Waals surface area contributed by atoms with Gasteiger partial charge >= 0.3 is 6.18 Å². The minimum absolute atomic E-state index is 0.201. The monoisotopic (exact) mass is 308 g/mol. The zero-order valence-electron chi connectivity index (χ0n) is 11.6. The second-order valence-electron chi connectivity index (χ2n) is 4.82. The summed E-state index contributed by atoms with van der Waals surface area (Å²) in [5.74, 6) is 0.328. The van der Waals surface area contributed by atoms with E-state index in [1.807, 2.05) is 13.8 Å². The van der Waals surface area contributed by atoms with Crippen molar-refractivity contribution in [1.29, 1.82) is 0 Å². The molecule has 7 heteroatoms. The molecule has 1 unspecified atom stereocenters. The maximum Gasteiger partial charge on any atom is 0.434 e. The van der Waals surface area contributed by atoms with Crippen molar-refractivity contribution in [3.05, 3.63) is 15.6 Å². The lowest BCUT2D eigenvalue weighted by Gasteiger charge is -2.13. The van der Waals surface area contributed by atoms with Gasteiger partial charge in [-0.05, 0) is 32.2 Å². The van der Waals surface area contributed by atoms with E-state index in [-0.39, 0.29) is 17.5 Å². The normalized spacial score (nSPS) is 17.4. The molecule has 1 atom stereocenters. The van der Waals surface area contributed by atoms with Gasteiger partial charge in [-0.3, -0.25) is 0 Å². The minimum Gasteiger partial charge on any atom is -0.371 e. The Balaban J connectivity index is 2.26. The van der Waals surface area contributed by atoms with E-state index >= 15 is 0 Å². The van der Waals surface area contributed by atoms with E-state index in [9.17, 15) is 13.2 Å². The Morgan fingerprint density at radius 3 is 2.60 bits per heavy atom. The number of ether oxygens (including phenoxy) is 1. The third-order valence-corrected chi connectivity index (χ3v) is 4.27. The molecule has 1 fully saturated rings. The van der Waals surface area contributed by atoms with Crippen molar-refractivity contribution < 1.29 is 17.9 Å². The smallest absolute Gasteiger partial charge is 0.371 e. The number of hydrogen-bond donors (Lipinski definition) is 1. The molecule has 1 aromatic heterocycles.